The fraction of sp³-hybridized carbons (Fsp3) is 0.235. The zero-order valence-electron chi connectivity index (χ0n) is 12.1. The number of hydrogen-bond donors (Lipinski definition) is 1. The molecule has 4 heteroatoms. The standard InChI is InChI=1S/C17H18O4/c1-20-13-8-9-14(16(11-13)21-2)17(19)15(18)10-12-6-4-3-5-7-12/h3-9,11,17,19H,10H2,1-2H3. The summed E-state index contributed by atoms with van der Waals surface area (Å²) in [6, 6.07) is 14.3. The molecule has 2 aromatic rings. The minimum Gasteiger partial charge on any atom is -0.497 e. The van der Waals surface area contributed by atoms with Gasteiger partial charge in [0.15, 0.2) is 5.78 Å². The highest BCUT2D eigenvalue weighted by molar-refractivity contribution is 5.86. The Bertz CT molecular complexity index is 607. The number of Topliss-reactive ketones (excluding diaryl/α,β-unsaturated/α-hetero) is 1. The van der Waals surface area contributed by atoms with Crippen LogP contribution in [0, 0.1) is 0 Å². The Balaban J connectivity index is 2.19. The van der Waals surface area contributed by atoms with E-state index < -0.39 is 6.10 Å². The molecule has 0 heterocycles. The summed E-state index contributed by atoms with van der Waals surface area (Å²) >= 11 is 0. The van der Waals surface area contributed by atoms with Crippen molar-refractivity contribution < 1.29 is 19.4 Å². The Morgan fingerprint density at radius 3 is 2.43 bits per heavy atom. The van der Waals surface area contributed by atoms with Crippen molar-refractivity contribution in [2.75, 3.05) is 14.2 Å². The van der Waals surface area contributed by atoms with Crippen LogP contribution in [0.4, 0.5) is 0 Å². The predicted octanol–water partition coefficient (Wildman–Crippen LogP) is 2.55. The lowest BCUT2D eigenvalue weighted by Gasteiger charge is -2.15. The summed E-state index contributed by atoms with van der Waals surface area (Å²) in [6.45, 7) is 0. The molecule has 0 aliphatic heterocycles. The first-order valence-electron chi connectivity index (χ1n) is 6.62. The summed E-state index contributed by atoms with van der Waals surface area (Å²) in [5, 5.41) is 10.3. The number of methoxy groups -OCH3 is 2. The Hall–Kier alpha value is -2.33. The minimum atomic E-state index is -1.22. The van der Waals surface area contributed by atoms with E-state index in [0.717, 1.165) is 5.56 Å². The summed E-state index contributed by atoms with van der Waals surface area (Å²) in [4.78, 5) is 12.2. The normalized spacial score (nSPS) is 11.8. The van der Waals surface area contributed by atoms with Crippen LogP contribution in [0.3, 0.4) is 0 Å². The van der Waals surface area contributed by atoms with Crippen molar-refractivity contribution in [3.05, 3.63) is 59.7 Å². The molecule has 0 aliphatic carbocycles. The van der Waals surface area contributed by atoms with Gasteiger partial charge < -0.3 is 14.6 Å². The van der Waals surface area contributed by atoms with E-state index in [4.69, 9.17) is 9.47 Å². The van der Waals surface area contributed by atoms with Crippen molar-refractivity contribution in [1.82, 2.24) is 0 Å². The average Bonchev–Trinajstić information content (AvgIpc) is 2.54. The van der Waals surface area contributed by atoms with E-state index in [1.54, 1.807) is 25.3 Å². The zero-order chi connectivity index (χ0) is 15.2. The van der Waals surface area contributed by atoms with E-state index in [1.807, 2.05) is 30.3 Å². The predicted molar refractivity (Wildman–Crippen MR) is 79.7 cm³/mol. The van der Waals surface area contributed by atoms with Crippen molar-refractivity contribution in [2.45, 2.75) is 12.5 Å². The van der Waals surface area contributed by atoms with Crippen LogP contribution in [-0.2, 0) is 11.2 Å². The lowest BCUT2D eigenvalue weighted by molar-refractivity contribution is -0.126. The summed E-state index contributed by atoms with van der Waals surface area (Å²) in [7, 11) is 3.04. The van der Waals surface area contributed by atoms with E-state index in [2.05, 4.69) is 0 Å². The van der Waals surface area contributed by atoms with Gasteiger partial charge in [-0.1, -0.05) is 30.3 Å². The van der Waals surface area contributed by atoms with Gasteiger partial charge in [-0.25, -0.2) is 0 Å². The van der Waals surface area contributed by atoms with Gasteiger partial charge in [-0.3, -0.25) is 4.79 Å². The maximum absolute atomic E-state index is 12.2. The van der Waals surface area contributed by atoms with Gasteiger partial charge in [0.2, 0.25) is 0 Å². The van der Waals surface area contributed by atoms with Crippen LogP contribution in [-0.4, -0.2) is 25.1 Å². The minimum absolute atomic E-state index is 0.178. The number of ether oxygens (including phenoxy) is 2. The molecular weight excluding hydrogens is 268 g/mol. The summed E-state index contributed by atoms with van der Waals surface area (Å²) in [6.07, 6.45) is -1.04. The number of ketones is 1. The molecule has 21 heavy (non-hydrogen) atoms. The maximum Gasteiger partial charge on any atom is 0.170 e. The SMILES string of the molecule is COc1ccc(C(O)C(=O)Cc2ccccc2)c(OC)c1. The monoisotopic (exact) mass is 286 g/mol. The van der Waals surface area contributed by atoms with Gasteiger partial charge in [-0.05, 0) is 17.7 Å². The molecule has 0 aromatic heterocycles. The van der Waals surface area contributed by atoms with Crippen LogP contribution >= 0.6 is 0 Å². The Kier molecular flexibility index (Phi) is 4.95. The highest BCUT2D eigenvalue weighted by atomic mass is 16.5. The third-order valence-corrected chi connectivity index (χ3v) is 3.26. The molecule has 4 nitrogen and oxygen atoms in total. The molecule has 0 amide bonds. The van der Waals surface area contributed by atoms with Gasteiger partial charge in [-0.2, -0.15) is 0 Å². The molecule has 0 fully saturated rings. The van der Waals surface area contributed by atoms with Crippen LogP contribution in [0.15, 0.2) is 48.5 Å². The quantitative estimate of drug-likeness (QED) is 0.886. The first-order valence-corrected chi connectivity index (χ1v) is 6.62. The third kappa shape index (κ3) is 3.61. The molecule has 0 spiro atoms. The lowest BCUT2D eigenvalue weighted by atomic mass is 9.99. The fourth-order valence-corrected chi connectivity index (χ4v) is 2.11. The van der Waals surface area contributed by atoms with E-state index in [1.165, 1.54) is 7.11 Å². The van der Waals surface area contributed by atoms with Crippen molar-refractivity contribution in [2.24, 2.45) is 0 Å². The van der Waals surface area contributed by atoms with Gasteiger partial charge in [-0.15, -0.1) is 0 Å². The van der Waals surface area contributed by atoms with Crippen LogP contribution < -0.4 is 9.47 Å². The van der Waals surface area contributed by atoms with Crippen LogP contribution in [0.1, 0.15) is 17.2 Å². The van der Waals surface area contributed by atoms with Gasteiger partial charge in [0.25, 0.3) is 0 Å². The lowest BCUT2D eigenvalue weighted by Crippen LogP contribution is -2.15. The number of aliphatic hydroxyl groups excluding tert-OH is 1. The number of carbonyl (C=O) groups is 1. The molecule has 110 valence electrons. The maximum atomic E-state index is 12.2. The smallest absolute Gasteiger partial charge is 0.170 e. The second-order valence-corrected chi connectivity index (χ2v) is 4.64. The van der Waals surface area contributed by atoms with Crippen LogP contribution in [0.25, 0.3) is 0 Å². The first kappa shape index (κ1) is 15.1. The van der Waals surface area contributed by atoms with Crippen molar-refractivity contribution in [1.29, 1.82) is 0 Å². The molecule has 2 aromatic carbocycles. The van der Waals surface area contributed by atoms with E-state index >= 15 is 0 Å². The molecular formula is C17H18O4. The Morgan fingerprint density at radius 1 is 1.10 bits per heavy atom. The molecule has 2 rings (SSSR count). The second kappa shape index (κ2) is 6.90. The molecule has 0 saturated heterocycles. The van der Waals surface area contributed by atoms with E-state index in [-0.39, 0.29) is 12.2 Å². The van der Waals surface area contributed by atoms with E-state index in [9.17, 15) is 9.90 Å². The summed E-state index contributed by atoms with van der Waals surface area (Å²) < 4.78 is 10.3. The first-order chi connectivity index (χ1) is 10.2. The number of carbonyl (C=O) groups excluding carboxylic acids is 1. The van der Waals surface area contributed by atoms with Gasteiger partial charge in [0.05, 0.1) is 14.2 Å². The van der Waals surface area contributed by atoms with E-state index in [0.29, 0.717) is 17.1 Å². The number of hydrogen-bond acceptors (Lipinski definition) is 4. The number of aliphatic hydroxyl groups is 1. The van der Waals surface area contributed by atoms with Crippen LogP contribution in [0.2, 0.25) is 0 Å². The van der Waals surface area contributed by atoms with Crippen molar-refractivity contribution >= 4 is 5.78 Å². The molecule has 0 radical (unpaired) electrons. The molecule has 0 aliphatic rings. The second-order valence-electron chi connectivity index (χ2n) is 4.64. The summed E-state index contributed by atoms with van der Waals surface area (Å²) in [5.41, 5.74) is 1.31. The third-order valence-electron chi connectivity index (χ3n) is 3.26. The van der Waals surface area contributed by atoms with Crippen LogP contribution in [0.5, 0.6) is 11.5 Å². The molecule has 0 bridgehead atoms. The molecule has 0 saturated carbocycles. The van der Waals surface area contributed by atoms with Gasteiger partial charge in [0.1, 0.15) is 17.6 Å². The highest BCUT2D eigenvalue weighted by Gasteiger charge is 2.21. The molecule has 1 atom stereocenters. The van der Waals surface area contributed by atoms with Crippen molar-refractivity contribution in [3.63, 3.8) is 0 Å². The summed E-state index contributed by atoms with van der Waals surface area (Å²) in [5.74, 6) is 0.770. The van der Waals surface area contributed by atoms with Crippen molar-refractivity contribution in [3.8, 4) is 11.5 Å². The average molecular weight is 286 g/mol. The van der Waals surface area contributed by atoms with Gasteiger partial charge >= 0.3 is 0 Å². The Morgan fingerprint density at radius 2 is 1.81 bits per heavy atom. The van der Waals surface area contributed by atoms with Gasteiger partial charge in [0, 0.05) is 18.1 Å². The number of benzene rings is 2. The largest absolute Gasteiger partial charge is 0.497 e. The zero-order valence-corrected chi connectivity index (χ0v) is 12.1. The fourth-order valence-electron chi connectivity index (χ4n) is 2.11. The topological polar surface area (TPSA) is 55.8 Å². The Labute approximate surface area is 123 Å². The number of rotatable bonds is 6. The molecule has 1 unspecified atom stereocenters. The molecule has 1 N–H and O–H groups in total. The highest BCUT2D eigenvalue weighted by Crippen LogP contribution is 2.30.